The molecule has 2 rings (SSSR count). The van der Waals surface area contributed by atoms with Crippen molar-refractivity contribution in [3.05, 3.63) is 63.2 Å². The Morgan fingerprint density at radius 3 is 2.48 bits per heavy atom. The van der Waals surface area contributed by atoms with Crippen molar-refractivity contribution in [3.8, 4) is 11.3 Å². The number of ether oxygens (including phenoxy) is 2. The molecule has 0 radical (unpaired) electrons. The van der Waals surface area contributed by atoms with Crippen LogP contribution in [-0.4, -0.2) is 24.6 Å². The molecule has 2 unspecified atom stereocenters. The second kappa shape index (κ2) is 9.25. The summed E-state index contributed by atoms with van der Waals surface area (Å²) in [6.07, 6.45) is -5.12. The molecule has 0 saturated heterocycles. The SMILES string of the molecule is [C-]#[N+]c1c(C(F)(F)F)cc(-c2cccc(C)c2)n(CC(C)C(C)OCOC)c1=O. The highest BCUT2D eigenvalue weighted by Gasteiger charge is 2.36. The van der Waals surface area contributed by atoms with Crippen molar-refractivity contribution in [1.82, 2.24) is 4.57 Å². The third-order valence-electron chi connectivity index (χ3n) is 4.73. The van der Waals surface area contributed by atoms with E-state index in [1.165, 1.54) is 11.7 Å². The minimum Gasteiger partial charge on any atom is -0.359 e. The Labute approximate surface area is 167 Å². The Morgan fingerprint density at radius 1 is 1.24 bits per heavy atom. The molecular weight excluding hydrogens is 385 g/mol. The van der Waals surface area contributed by atoms with Gasteiger partial charge in [-0.1, -0.05) is 30.7 Å². The number of aryl methyl sites for hydroxylation is 1. The van der Waals surface area contributed by atoms with E-state index < -0.39 is 23.0 Å². The highest BCUT2D eigenvalue weighted by Crippen LogP contribution is 2.37. The van der Waals surface area contributed by atoms with Crippen molar-refractivity contribution in [2.45, 2.75) is 39.6 Å². The van der Waals surface area contributed by atoms with Gasteiger partial charge in [0.05, 0.1) is 18.2 Å². The Hall–Kier alpha value is -2.63. The zero-order valence-corrected chi connectivity index (χ0v) is 16.7. The van der Waals surface area contributed by atoms with E-state index in [1.807, 2.05) is 19.9 Å². The van der Waals surface area contributed by atoms with Gasteiger partial charge >= 0.3 is 6.18 Å². The van der Waals surface area contributed by atoms with Crippen molar-refractivity contribution < 1.29 is 22.6 Å². The molecule has 2 atom stereocenters. The summed E-state index contributed by atoms with van der Waals surface area (Å²) in [7, 11) is 1.48. The summed E-state index contributed by atoms with van der Waals surface area (Å²) in [4.78, 5) is 15.8. The summed E-state index contributed by atoms with van der Waals surface area (Å²) in [6.45, 7) is 12.7. The summed E-state index contributed by atoms with van der Waals surface area (Å²) < 4.78 is 52.2. The normalized spacial score (nSPS) is 13.7. The fourth-order valence-corrected chi connectivity index (χ4v) is 2.96. The maximum absolute atomic E-state index is 13.5. The van der Waals surface area contributed by atoms with Crippen LogP contribution in [0.2, 0.25) is 0 Å². The van der Waals surface area contributed by atoms with Gasteiger partial charge in [-0.15, -0.1) is 0 Å². The molecule has 0 aliphatic heterocycles. The molecule has 0 fully saturated rings. The molecule has 0 N–H and O–H groups in total. The highest BCUT2D eigenvalue weighted by molar-refractivity contribution is 5.66. The Morgan fingerprint density at radius 2 is 1.93 bits per heavy atom. The Bertz CT molecular complexity index is 961. The van der Waals surface area contributed by atoms with E-state index in [0.29, 0.717) is 5.56 Å². The summed E-state index contributed by atoms with van der Waals surface area (Å²) in [6, 6.07) is 7.76. The van der Waals surface area contributed by atoms with Crippen LogP contribution in [0.15, 0.2) is 35.1 Å². The van der Waals surface area contributed by atoms with Crippen LogP contribution in [0, 0.1) is 19.4 Å². The molecule has 0 saturated carbocycles. The molecule has 5 nitrogen and oxygen atoms in total. The summed E-state index contributed by atoms with van der Waals surface area (Å²) in [5.41, 5.74) is -1.68. The molecule has 0 bridgehead atoms. The van der Waals surface area contributed by atoms with Crippen LogP contribution < -0.4 is 5.56 Å². The van der Waals surface area contributed by atoms with Gasteiger partial charge in [0.15, 0.2) is 0 Å². The number of pyridine rings is 1. The number of benzene rings is 1. The fourth-order valence-electron chi connectivity index (χ4n) is 2.96. The standard InChI is InChI=1S/C21H23F3N2O3/c1-13-7-6-8-16(9-13)18-10-17(21(22,23)24)19(25-4)20(27)26(18)11-14(2)15(3)29-12-28-5/h6-10,14-15H,11-12H2,1-3,5H3. The first-order valence-corrected chi connectivity index (χ1v) is 9.00. The van der Waals surface area contributed by atoms with E-state index >= 15 is 0 Å². The number of nitrogens with zero attached hydrogens (tertiary/aromatic N) is 2. The first-order valence-electron chi connectivity index (χ1n) is 9.00. The fraction of sp³-hybridized carbons (Fsp3) is 0.429. The van der Waals surface area contributed by atoms with Gasteiger partial charge in [-0.25, -0.2) is 4.85 Å². The lowest BCUT2D eigenvalue weighted by atomic mass is 10.0. The van der Waals surface area contributed by atoms with E-state index in [4.69, 9.17) is 16.0 Å². The number of alkyl halides is 3. The van der Waals surface area contributed by atoms with Crippen LogP contribution in [0.4, 0.5) is 18.9 Å². The van der Waals surface area contributed by atoms with Gasteiger partial charge in [-0.3, -0.25) is 4.79 Å². The molecule has 0 aliphatic carbocycles. The monoisotopic (exact) mass is 408 g/mol. The first-order chi connectivity index (χ1) is 13.6. The van der Waals surface area contributed by atoms with E-state index in [9.17, 15) is 18.0 Å². The summed E-state index contributed by atoms with van der Waals surface area (Å²) in [5, 5.41) is 0. The van der Waals surface area contributed by atoms with Gasteiger partial charge in [-0.05, 0) is 31.5 Å². The third kappa shape index (κ3) is 5.25. The lowest BCUT2D eigenvalue weighted by Crippen LogP contribution is -2.31. The average Bonchev–Trinajstić information content (AvgIpc) is 2.66. The van der Waals surface area contributed by atoms with E-state index in [0.717, 1.165) is 11.6 Å². The van der Waals surface area contributed by atoms with Crippen LogP contribution in [0.1, 0.15) is 25.0 Å². The van der Waals surface area contributed by atoms with Crippen LogP contribution >= 0.6 is 0 Å². The quantitative estimate of drug-likeness (QED) is 0.476. The van der Waals surface area contributed by atoms with E-state index in [1.54, 1.807) is 25.1 Å². The van der Waals surface area contributed by atoms with Gasteiger partial charge in [-0.2, -0.15) is 13.2 Å². The van der Waals surface area contributed by atoms with Gasteiger partial charge in [0.2, 0.25) is 0 Å². The van der Waals surface area contributed by atoms with Crippen LogP contribution in [0.5, 0.6) is 0 Å². The molecule has 29 heavy (non-hydrogen) atoms. The topological polar surface area (TPSA) is 44.8 Å². The van der Waals surface area contributed by atoms with Crippen molar-refractivity contribution in [2.24, 2.45) is 5.92 Å². The zero-order valence-electron chi connectivity index (χ0n) is 16.7. The lowest BCUT2D eigenvalue weighted by Gasteiger charge is -2.24. The number of rotatable bonds is 7. The predicted octanol–water partition coefficient (Wildman–Crippen LogP) is 5.04. The largest absolute Gasteiger partial charge is 0.407 e. The van der Waals surface area contributed by atoms with Crippen molar-refractivity contribution in [2.75, 3.05) is 13.9 Å². The van der Waals surface area contributed by atoms with Gasteiger partial charge in [0, 0.05) is 25.3 Å². The minimum absolute atomic E-state index is 0.0610. The third-order valence-corrected chi connectivity index (χ3v) is 4.73. The minimum atomic E-state index is -4.81. The number of halogens is 3. The maximum Gasteiger partial charge on any atom is 0.407 e. The molecule has 156 valence electrons. The molecule has 8 heteroatoms. The van der Waals surface area contributed by atoms with E-state index in [-0.39, 0.29) is 31.1 Å². The predicted molar refractivity (Wildman–Crippen MR) is 104 cm³/mol. The Balaban J connectivity index is 2.67. The highest BCUT2D eigenvalue weighted by atomic mass is 19.4. The molecule has 0 amide bonds. The summed E-state index contributed by atoms with van der Waals surface area (Å²) in [5.74, 6) is -0.221. The lowest BCUT2D eigenvalue weighted by molar-refractivity contribution is -0.137. The smallest absolute Gasteiger partial charge is 0.359 e. The van der Waals surface area contributed by atoms with Crippen molar-refractivity contribution >= 4 is 5.69 Å². The second-order valence-electron chi connectivity index (χ2n) is 6.94. The molecule has 1 aromatic heterocycles. The number of aromatic nitrogens is 1. The van der Waals surface area contributed by atoms with Crippen LogP contribution in [0.3, 0.4) is 0 Å². The molecular formula is C21H23F3N2O3. The average molecular weight is 408 g/mol. The molecule has 2 aromatic rings. The molecule has 0 aliphatic rings. The van der Waals surface area contributed by atoms with Gasteiger partial charge in [0.1, 0.15) is 6.79 Å². The molecule has 1 heterocycles. The van der Waals surface area contributed by atoms with Crippen LogP contribution in [-0.2, 0) is 22.2 Å². The second-order valence-corrected chi connectivity index (χ2v) is 6.94. The van der Waals surface area contributed by atoms with Gasteiger partial charge in [0.25, 0.3) is 11.2 Å². The van der Waals surface area contributed by atoms with Crippen LogP contribution in [0.25, 0.3) is 16.1 Å². The maximum atomic E-state index is 13.5. The Kier molecular flexibility index (Phi) is 7.22. The van der Waals surface area contributed by atoms with Crippen molar-refractivity contribution in [1.29, 1.82) is 0 Å². The number of hydrogen-bond acceptors (Lipinski definition) is 3. The zero-order chi connectivity index (χ0) is 21.8. The van der Waals surface area contributed by atoms with E-state index in [2.05, 4.69) is 4.85 Å². The summed E-state index contributed by atoms with van der Waals surface area (Å²) >= 11 is 0. The molecule has 1 aromatic carbocycles. The van der Waals surface area contributed by atoms with Crippen molar-refractivity contribution in [3.63, 3.8) is 0 Å². The molecule has 0 spiro atoms. The number of methoxy groups -OCH3 is 1. The number of hydrogen-bond donors (Lipinski definition) is 0. The first kappa shape index (κ1) is 22.7. The van der Waals surface area contributed by atoms with Gasteiger partial charge < -0.3 is 14.0 Å².